The lowest BCUT2D eigenvalue weighted by Crippen LogP contribution is -2.20. The van der Waals surface area contributed by atoms with Crippen LogP contribution in [0.5, 0.6) is 0 Å². The molecule has 0 unspecified atom stereocenters. The van der Waals surface area contributed by atoms with Gasteiger partial charge in [-0.2, -0.15) is 21.0 Å². The van der Waals surface area contributed by atoms with E-state index in [0.29, 0.717) is 56.3 Å². The minimum atomic E-state index is 0.283. The number of nitrogen functional groups attached to an aromatic ring is 2. The number of H-pyrrole nitrogens is 2. The van der Waals surface area contributed by atoms with Crippen molar-refractivity contribution in [1.29, 1.82) is 21.0 Å². The highest BCUT2D eigenvalue weighted by Gasteiger charge is 2.22. The Morgan fingerprint density at radius 2 is 1.00 bits per heavy atom. The molecule has 0 aromatic carbocycles. The van der Waals surface area contributed by atoms with Gasteiger partial charge in [0.1, 0.15) is 46.5 Å². The van der Waals surface area contributed by atoms with E-state index in [-0.39, 0.29) is 11.6 Å². The number of hydrogen-bond donors (Lipinski definition) is 2. The normalized spacial score (nSPS) is 10.1. The standard InChI is InChI=1S/C22H22N8S2/c1-3-13-15(9-23)19(27)29-21(17(13)11-25)31-7-5-6-8-32-22-18(12-26)14(4-2)16(10-24)20(28)30-22/h3-8H2,1-2H3,(H2,27,29)(H2,28,30)/p+2. The maximum Gasteiger partial charge on any atom is 0.289 e. The first-order chi connectivity index (χ1) is 15.5. The summed E-state index contributed by atoms with van der Waals surface area (Å²) in [6, 6.07) is 8.54. The molecule has 2 aromatic heterocycles. The third kappa shape index (κ3) is 5.24. The highest BCUT2D eigenvalue weighted by molar-refractivity contribution is 7.99. The second-order valence-corrected chi connectivity index (χ2v) is 8.96. The molecule has 2 aromatic rings. The predicted octanol–water partition coefficient (Wildman–Crippen LogP) is 2.76. The van der Waals surface area contributed by atoms with Crippen molar-refractivity contribution >= 4 is 35.2 Å². The van der Waals surface area contributed by atoms with Crippen LogP contribution in [0.15, 0.2) is 10.1 Å². The number of nitrogens with two attached hydrogens (primary N) is 2. The van der Waals surface area contributed by atoms with Gasteiger partial charge < -0.3 is 0 Å². The zero-order valence-corrected chi connectivity index (χ0v) is 19.6. The number of nitrogens with one attached hydrogen (secondary N) is 2. The fourth-order valence-electron chi connectivity index (χ4n) is 3.31. The number of unbranched alkanes of at least 4 members (excludes halogenated alkanes) is 1. The van der Waals surface area contributed by atoms with Crippen LogP contribution in [0.1, 0.15) is 60.1 Å². The number of nitriles is 4. The molecule has 0 fully saturated rings. The van der Waals surface area contributed by atoms with Gasteiger partial charge in [0.15, 0.2) is 10.1 Å². The lowest BCUT2D eigenvalue weighted by atomic mass is 10.0. The number of thioether (sulfide) groups is 2. The molecular weight excluding hydrogens is 440 g/mol. The molecular formula is C22H24N8S2+2. The second-order valence-electron chi connectivity index (χ2n) is 6.75. The van der Waals surface area contributed by atoms with Crippen molar-refractivity contribution in [1.82, 2.24) is 0 Å². The number of nitrogens with zero attached hydrogens (tertiary/aromatic N) is 4. The van der Waals surface area contributed by atoms with Gasteiger partial charge in [-0.1, -0.05) is 37.4 Å². The molecule has 0 aliphatic rings. The number of hydrogen-bond acceptors (Lipinski definition) is 8. The summed E-state index contributed by atoms with van der Waals surface area (Å²) in [6.07, 6.45) is 2.87. The van der Waals surface area contributed by atoms with E-state index in [4.69, 9.17) is 11.5 Å². The number of aromatic nitrogens is 2. The summed E-state index contributed by atoms with van der Waals surface area (Å²) in [5, 5.41) is 39.1. The third-order valence-corrected chi connectivity index (χ3v) is 7.06. The first-order valence-corrected chi connectivity index (χ1v) is 12.0. The third-order valence-electron chi connectivity index (χ3n) is 4.88. The highest BCUT2D eigenvalue weighted by Crippen LogP contribution is 2.28. The molecule has 0 spiro atoms. The Hall–Kier alpha value is -3.44. The SMILES string of the molecule is CCc1c(C#N)c(N)[nH+]c(SCCCCSc2[nH+]c(N)c(C#N)c(CC)c2C#N)c1C#N. The summed E-state index contributed by atoms with van der Waals surface area (Å²) in [4.78, 5) is 5.98. The molecule has 0 radical (unpaired) electrons. The Bertz CT molecular complexity index is 1090. The zero-order valence-electron chi connectivity index (χ0n) is 18.0. The largest absolute Gasteiger partial charge is 0.289 e. The summed E-state index contributed by atoms with van der Waals surface area (Å²) in [6.45, 7) is 3.79. The Morgan fingerprint density at radius 3 is 1.28 bits per heavy atom. The number of rotatable bonds is 9. The maximum absolute atomic E-state index is 9.56. The monoisotopic (exact) mass is 464 g/mol. The summed E-state index contributed by atoms with van der Waals surface area (Å²) >= 11 is 3.02. The van der Waals surface area contributed by atoms with Crippen molar-refractivity contribution < 1.29 is 9.97 Å². The predicted molar refractivity (Wildman–Crippen MR) is 123 cm³/mol. The lowest BCUT2D eigenvalue weighted by Gasteiger charge is -2.09. The Balaban J connectivity index is 2.01. The average Bonchev–Trinajstić information content (AvgIpc) is 2.79. The fourth-order valence-corrected chi connectivity index (χ4v) is 5.41. The van der Waals surface area contributed by atoms with Crippen molar-refractivity contribution in [3.63, 3.8) is 0 Å². The number of anilines is 2. The lowest BCUT2D eigenvalue weighted by molar-refractivity contribution is -0.410. The number of pyridine rings is 2. The van der Waals surface area contributed by atoms with Gasteiger partial charge >= 0.3 is 0 Å². The van der Waals surface area contributed by atoms with Gasteiger partial charge in [-0.25, -0.2) is 9.97 Å². The van der Waals surface area contributed by atoms with Gasteiger partial charge in [0.25, 0.3) is 11.6 Å². The smallest absolute Gasteiger partial charge is 0.286 e. The van der Waals surface area contributed by atoms with Crippen molar-refractivity contribution in [3.8, 4) is 24.3 Å². The second kappa shape index (κ2) is 11.8. The van der Waals surface area contributed by atoms with E-state index in [2.05, 4.69) is 34.2 Å². The van der Waals surface area contributed by atoms with Crippen molar-refractivity contribution in [3.05, 3.63) is 33.4 Å². The molecule has 6 N–H and O–H groups in total. The molecule has 0 aliphatic heterocycles. The minimum absolute atomic E-state index is 0.283. The maximum atomic E-state index is 9.56. The first kappa shape index (κ1) is 24.8. The van der Waals surface area contributed by atoms with Gasteiger partial charge in [0, 0.05) is 22.6 Å². The Kier molecular flexibility index (Phi) is 9.17. The van der Waals surface area contributed by atoms with E-state index in [1.165, 1.54) is 23.5 Å². The molecule has 2 rings (SSSR count). The zero-order chi connectivity index (χ0) is 23.7. The molecule has 8 nitrogen and oxygen atoms in total. The van der Waals surface area contributed by atoms with E-state index >= 15 is 0 Å². The summed E-state index contributed by atoms with van der Waals surface area (Å²) in [5.41, 5.74) is 14.9. The quantitative estimate of drug-likeness (QED) is 0.420. The molecule has 0 amide bonds. The minimum Gasteiger partial charge on any atom is -0.286 e. The van der Waals surface area contributed by atoms with E-state index in [1.807, 2.05) is 13.8 Å². The molecule has 2 heterocycles. The van der Waals surface area contributed by atoms with Gasteiger partial charge in [-0.05, 0) is 25.7 Å². The van der Waals surface area contributed by atoms with Crippen LogP contribution >= 0.6 is 23.5 Å². The van der Waals surface area contributed by atoms with E-state index < -0.39 is 0 Å². The summed E-state index contributed by atoms with van der Waals surface area (Å²) in [7, 11) is 0. The van der Waals surface area contributed by atoms with Crippen LogP contribution in [-0.4, -0.2) is 11.5 Å². The topological polar surface area (TPSA) is 175 Å². The fraction of sp³-hybridized carbons (Fsp3) is 0.364. The number of aromatic amines is 2. The molecule has 0 aliphatic carbocycles. The van der Waals surface area contributed by atoms with Crippen LogP contribution in [0.2, 0.25) is 0 Å². The molecule has 162 valence electrons. The van der Waals surface area contributed by atoms with Gasteiger partial charge in [-0.15, -0.1) is 0 Å². The summed E-state index contributed by atoms with van der Waals surface area (Å²) < 4.78 is 0. The molecule has 0 atom stereocenters. The van der Waals surface area contributed by atoms with E-state index in [9.17, 15) is 21.0 Å². The van der Waals surface area contributed by atoms with Crippen LogP contribution in [-0.2, 0) is 12.8 Å². The van der Waals surface area contributed by atoms with Gasteiger partial charge in [0.2, 0.25) is 0 Å². The van der Waals surface area contributed by atoms with Crippen LogP contribution < -0.4 is 21.4 Å². The van der Waals surface area contributed by atoms with Crippen LogP contribution in [0, 0.1) is 45.3 Å². The highest BCUT2D eigenvalue weighted by atomic mass is 32.2. The van der Waals surface area contributed by atoms with Crippen molar-refractivity contribution in [2.75, 3.05) is 23.0 Å². The first-order valence-electron chi connectivity index (χ1n) is 10.1. The van der Waals surface area contributed by atoms with Crippen LogP contribution in [0.4, 0.5) is 11.6 Å². The van der Waals surface area contributed by atoms with Gasteiger partial charge in [0.05, 0.1) is 0 Å². The van der Waals surface area contributed by atoms with Gasteiger partial charge in [-0.3, -0.25) is 11.5 Å². The molecule has 10 heteroatoms. The van der Waals surface area contributed by atoms with Crippen LogP contribution in [0.3, 0.4) is 0 Å². The molecule has 32 heavy (non-hydrogen) atoms. The molecule has 0 saturated heterocycles. The van der Waals surface area contributed by atoms with Crippen LogP contribution in [0.25, 0.3) is 0 Å². The molecule has 0 bridgehead atoms. The Labute approximate surface area is 196 Å². The average molecular weight is 465 g/mol. The Morgan fingerprint density at radius 1 is 0.656 bits per heavy atom. The van der Waals surface area contributed by atoms with E-state index in [1.54, 1.807) is 0 Å². The molecule has 0 saturated carbocycles. The van der Waals surface area contributed by atoms with Crippen molar-refractivity contribution in [2.24, 2.45) is 0 Å². The summed E-state index contributed by atoms with van der Waals surface area (Å²) in [5.74, 6) is 2.10. The van der Waals surface area contributed by atoms with E-state index in [0.717, 1.165) is 24.3 Å². The van der Waals surface area contributed by atoms with Crippen molar-refractivity contribution in [2.45, 2.75) is 49.6 Å².